The van der Waals surface area contributed by atoms with Crippen LogP contribution in [-0.2, 0) is 39.8 Å². The van der Waals surface area contributed by atoms with Crippen LogP contribution in [-0.4, -0.2) is 52.9 Å². The molecule has 9 nitrogen and oxygen atoms in total. The average molecular weight is 623 g/mol. The van der Waals surface area contributed by atoms with E-state index in [-0.39, 0.29) is 35.3 Å². The SMILES string of the molecule is COC1=C(C)C(=O)O/C1=C/C1=C(C(=O)OC(c2ccccc2)c2ccccc2)N2C(=O)[C@@H](NC(=O)Cc3ccccc3)[C@@H]2SC1. The van der Waals surface area contributed by atoms with Crippen molar-refractivity contribution in [1.29, 1.82) is 0 Å². The van der Waals surface area contributed by atoms with Gasteiger partial charge in [-0.2, -0.15) is 0 Å². The molecule has 0 unspecified atom stereocenters. The van der Waals surface area contributed by atoms with Gasteiger partial charge in [0.15, 0.2) is 17.6 Å². The fourth-order valence-corrected chi connectivity index (χ4v) is 6.81. The second-order valence-corrected chi connectivity index (χ2v) is 11.8. The molecular weight excluding hydrogens is 592 g/mol. The molecule has 0 radical (unpaired) electrons. The number of esters is 2. The van der Waals surface area contributed by atoms with E-state index in [4.69, 9.17) is 14.2 Å². The van der Waals surface area contributed by atoms with Crippen LogP contribution in [0.2, 0.25) is 0 Å². The van der Waals surface area contributed by atoms with E-state index in [1.807, 2.05) is 91.0 Å². The largest absolute Gasteiger partial charge is 0.492 e. The molecule has 10 heteroatoms. The number of cyclic esters (lactones) is 1. The Bertz CT molecular complexity index is 1700. The lowest BCUT2D eigenvalue weighted by molar-refractivity contribution is -0.154. The summed E-state index contributed by atoms with van der Waals surface area (Å²) in [5, 5.41) is 2.32. The van der Waals surface area contributed by atoms with E-state index in [1.54, 1.807) is 13.0 Å². The number of allylic oxidation sites excluding steroid dienone is 1. The van der Waals surface area contributed by atoms with Gasteiger partial charge in [0, 0.05) is 5.75 Å². The van der Waals surface area contributed by atoms with Gasteiger partial charge in [0.1, 0.15) is 17.1 Å². The van der Waals surface area contributed by atoms with Crippen molar-refractivity contribution >= 4 is 35.5 Å². The first-order chi connectivity index (χ1) is 21.9. The van der Waals surface area contributed by atoms with Crippen LogP contribution in [0.3, 0.4) is 0 Å². The monoisotopic (exact) mass is 622 g/mol. The Balaban J connectivity index is 1.33. The number of hydrogen-bond donors (Lipinski definition) is 1. The highest BCUT2D eigenvalue weighted by Crippen LogP contribution is 2.43. The number of amides is 2. The van der Waals surface area contributed by atoms with Crippen molar-refractivity contribution in [2.75, 3.05) is 12.9 Å². The van der Waals surface area contributed by atoms with Gasteiger partial charge < -0.3 is 19.5 Å². The molecule has 228 valence electrons. The zero-order chi connectivity index (χ0) is 31.5. The van der Waals surface area contributed by atoms with Gasteiger partial charge in [0.2, 0.25) is 5.91 Å². The van der Waals surface area contributed by atoms with Crippen LogP contribution >= 0.6 is 11.8 Å². The van der Waals surface area contributed by atoms with Gasteiger partial charge >= 0.3 is 11.9 Å². The van der Waals surface area contributed by atoms with Crippen LogP contribution in [0.15, 0.2) is 125 Å². The Labute approximate surface area is 264 Å². The molecule has 1 N–H and O–H groups in total. The Morgan fingerprint density at radius 2 is 1.58 bits per heavy atom. The highest BCUT2D eigenvalue weighted by atomic mass is 32.2. The summed E-state index contributed by atoms with van der Waals surface area (Å²) < 4.78 is 17.0. The van der Waals surface area contributed by atoms with Gasteiger partial charge in [-0.15, -0.1) is 11.8 Å². The topological polar surface area (TPSA) is 111 Å². The van der Waals surface area contributed by atoms with Crippen molar-refractivity contribution in [1.82, 2.24) is 10.2 Å². The van der Waals surface area contributed by atoms with E-state index in [0.717, 1.165) is 16.7 Å². The van der Waals surface area contributed by atoms with E-state index in [1.165, 1.54) is 23.8 Å². The summed E-state index contributed by atoms with van der Waals surface area (Å²) in [6.45, 7) is 1.59. The third-order valence-electron chi connectivity index (χ3n) is 7.73. The molecule has 2 amide bonds. The summed E-state index contributed by atoms with van der Waals surface area (Å²) in [5.74, 6) is -1.34. The van der Waals surface area contributed by atoms with E-state index in [9.17, 15) is 19.2 Å². The van der Waals surface area contributed by atoms with Crippen molar-refractivity contribution < 1.29 is 33.4 Å². The molecular formula is C35H30N2O7S. The van der Waals surface area contributed by atoms with E-state index in [2.05, 4.69) is 5.32 Å². The molecule has 1 saturated heterocycles. The minimum absolute atomic E-state index is 0.0257. The summed E-state index contributed by atoms with van der Waals surface area (Å²) >= 11 is 1.39. The van der Waals surface area contributed by atoms with Crippen molar-refractivity contribution in [3.05, 3.63) is 142 Å². The molecule has 1 fully saturated rings. The first-order valence-corrected chi connectivity index (χ1v) is 15.4. The number of benzene rings is 3. The summed E-state index contributed by atoms with van der Waals surface area (Å²) in [7, 11) is 1.43. The number of carbonyl (C=O) groups is 4. The third-order valence-corrected chi connectivity index (χ3v) is 9.03. The normalized spacial score (nSPS) is 20.2. The quantitative estimate of drug-likeness (QED) is 0.273. The van der Waals surface area contributed by atoms with Crippen LogP contribution in [0.5, 0.6) is 0 Å². The summed E-state index contributed by atoms with van der Waals surface area (Å²) in [6.07, 6.45) is 0.909. The van der Waals surface area contributed by atoms with Crippen molar-refractivity contribution in [2.45, 2.75) is 30.9 Å². The maximum absolute atomic E-state index is 14.2. The van der Waals surface area contributed by atoms with Crippen LogP contribution in [0.1, 0.15) is 29.7 Å². The van der Waals surface area contributed by atoms with E-state index < -0.39 is 35.4 Å². The third kappa shape index (κ3) is 6.01. The fraction of sp³-hybridized carbons (Fsp3) is 0.200. The Hall–Kier alpha value is -5.09. The molecule has 3 aliphatic rings. The van der Waals surface area contributed by atoms with Crippen molar-refractivity contribution in [3.63, 3.8) is 0 Å². The number of β-lactam (4-membered cyclic amide) rings is 1. The highest BCUT2D eigenvalue weighted by molar-refractivity contribution is 8.00. The summed E-state index contributed by atoms with van der Waals surface area (Å²) in [5.41, 5.74) is 3.08. The van der Waals surface area contributed by atoms with Gasteiger partial charge in [0.25, 0.3) is 5.91 Å². The minimum atomic E-state index is -0.816. The second kappa shape index (κ2) is 12.9. The van der Waals surface area contributed by atoms with E-state index in [0.29, 0.717) is 11.1 Å². The van der Waals surface area contributed by atoms with Gasteiger partial charge in [0.05, 0.1) is 19.1 Å². The number of ether oxygens (including phenoxy) is 3. The number of nitrogens with one attached hydrogen (secondary N) is 1. The number of carbonyl (C=O) groups excluding carboxylic acids is 4. The number of fused-ring (bicyclic) bond motifs is 1. The van der Waals surface area contributed by atoms with Crippen LogP contribution in [0.25, 0.3) is 0 Å². The molecule has 3 heterocycles. The van der Waals surface area contributed by atoms with Gasteiger partial charge in [-0.1, -0.05) is 91.0 Å². The van der Waals surface area contributed by atoms with Gasteiger partial charge in [-0.25, -0.2) is 9.59 Å². The molecule has 45 heavy (non-hydrogen) atoms. The van der Waals surface area contributed by atoms with Crippen LogP contribution < -0.4 is 5.32 Å². The minimum Gasteiger partial charge on any atom is -0.492 e. The first kappa shape index (κ1) is 30.0. The maximum Gasteiger partial charge on any atom is 0.356 e. The molecule has 0 aromatic heterocycles. The molecule has 2 atom stereocenters. The smallest absolute Gasteiger partial charge is 0.356 e. The molecule has 0 saturated carbocycles. The van der Waals surface area contributed by atoms with Crippen molar-refractivity contribution in [2.24, 2.45) is 0 Å². The summed E-state index contributed by atoms with van der Waals surface area (Å²) in [4.78, 5) is 54.4. The van der Waals surface area contributed by atoms with Crippen LogP contribution in [0.4, 0.5) is 0 Å². The first-order valence-electron chi connectivity index (χ1n) is 14.4. The molecule has 0 aliphatic carbocycles. The number of methoxy groups -OCH3 is 1. The van der Waals surface area contributed by atoms with Crippen LogP contribution in [0, 0.1) is 0 Å². The highest BCUT2D eigenvalue weighted by Gasteiger charge is 2.54. The molecule has 3 aliphatic heterocycles. The zero-order valence-corrected chi connectivity index (χ0v) is 25.4. The predicted molar refractivity (Wildman–Crippen MR) is 167 cm³/mol. The number of rotatable bonds is 9. The lowest BCUT2D eigenvalue weighted by Gasteiger charge is -2.49. The number of hydrogen-bond acceptors (Lipinski definition) is 8. The number of thioether (sulfide) groups is 1. The number of nitrogens with zero attached hydrogens (tertiary/aromatic N) is 1. The Morgan fingerprint density at radius 1 is 0.978 bits per heavy atom. The van der Waals surface area contributed by atoms with E-state index >= 15 is 0 Å². The Kier molecular flexibility index (Phi) is 8.57. The van der Waals surface area contributed by atoms with Gasteiger partial charge in [-0.05, 0) is 35.3 Å². The summed E-state index contributed by atoms with van der Waals surface area (Å²) in [6, 6.07) is 27.1. The molecule has 3 aromatic carbocycles. The molecule has 0 spiro atoms. The average Bonchev–Trinajstić information content (AvgIpc) is 3.34. The zero-order valence-electron chi connectivity index (χ0n) is 24.6. The molecule has 0 bridgehead atoms. The second-order valence-electron chi connectivity index (χ2n) is 10.7. The van der Waals surface area contributed by atoms with Gasteiger partial charge in [-0.3, -0.25) is 14.5 Å². The molecule has 3 aromatic rings. The lowest BCUT2D eigenvalue weighted by atomic mass is 10.00. The standard InChI is InChI=1S/C35H30N2O7S/c1-21-30(42-2)26(43-34(21)40)19-25-20-45-33-28(36-27(38)18-22-12-6-3-7-13-22)32(39)37(33)29(25)35(41)44-31(23-14-8-4-9-15-23)24-16-10-5-11-17-24/h3-17,19,28,31,33H,18,20H2,1-2H3,(H,36,38)/b26-19+/t28-,33+/m1/s1. The maximum atomic E-state index is 14.2. The molecule has 6 rings (SSSR count). The lowest BCUT2D eigenvalue weighted by Crippen LogP contribution is -2.70. The predicted octanol–water partition coefficient (Wildman–Crippen LogP) is 4.58. The van der Waals surface area contributed by atoms with Crippen molar-refractivity contribution in [3.8, 4) is 0 Å². The fourth-order valence-electron chi connectivity index (χ4n) is 5.50. The Morgan fingerprint density at radius 3 is 2.18 bits per heavy atom.